The monoisotopic (exact) mass is 280 g/mol. The van der Waals surface area contributed by atoms with Gasteiger partial charge in [0, 0.05) is 12.2 Å². The number of ether oxygens (including phenoxy) is 1. The van der Waals surface area contributed by atoms with E-state index < -0.39 is 5.97 Å². The second-order valence-corrected chi connectivity index (χ2v) is 5.95. The van der Waals surface area contributed by atoms with E-state index in [4.69, 9.17) is 4.74 Å². The van der Waals surface area contributed by atoms with Gasteiger partial charge in [-0.2, -0.15) is 0 Å². The molecular weight excluding hydrogens is 256 g/mol. The number of hydrogen-bond acceptors (Lipinski definition) is 4. The molecule has 0 saturated heterocycles. The molecule has 5 nitrogen and oxygen atoms in total. The van der Waals surface area contributed by atoms with Crippen LogP contribution in [0.3, 0.4) is 0 Å². The molecule has 1 aliphatic heterocycles. The number of nitrogens with zero attached hydrogens (tertiary/aromatic N) is 1. The van der Waals surface area contributed by atoms with Gasteiger partial charge in [0.25, 0.3) is 0 Å². The predicted octanol–water partition coefficient (Wildman–Crippen LogP) is 1.79. The van der Waals surface area contributed by atoms with E-state index in [1.807, 2.05) is 13.8 Å². The first kappa shape index (κ1) is 14.9. The minimum Gasteiger partial charge on any atom is -0.464 e. The molecule has 0 radical (unpaired) electrons. The van der Waals surface area contributed by atoms with Crippen molar-refractivity contribution in [2.24, 2.45) is 5.92 Å². The summed E-state index contributed by atoms with van der Waals surface area (Å²) in [5.74, 6) is -0.387. The Kier molecular flexibility index (Phi) is 4.68. The lowest BCUT2D eigenvalue weighted by Gasteiger charge is -2.43. The quantitative estimate of drug-likeness (QED) is 0.801. The van der Waals surface area contributed by atoms with E-state index in [-0.39, 0.29) is 23.6 Å². The lowest BCUT2D eigenvalue weighted by Crippen LogP contribution is -2.56. The highest BCUT2D eigenvalue weighted by Gasteiger charge is 2.37. The van der Waals surface area contributed by atoms with Crippen LogP contribution in [0.2, 0.25) is 0 Å². The van der Waals surface area contributed by atoms with Crippen molar-refractivity contribution in [3.05, 3.63) is 11.9 Å². The smallest absolute Gasteiger partial charge is 0.356 e. The van der Waals surface area contributed by atoms with E-state index >= 15 is 0 Å². The summed E-state index contributed by atoms with van der Waals surface area (Å²) in [6, 6.07) is 0.147. The summed E-state index contributed by atoms with van der Waals surface area (Å²) in [5, 5.41) is 2.67. The molecule has 2 rings (SSSR count). The van der Waals surface area contributed by atoms with Gasteiger partial charge in [0.05, 0.1) is 7.11 Å². The van der Waals surface area contributed by atoms with E-state index in [2.05, 4.69) is 10.2 Å². The lowest BCUT2D eigenvalue weighted by molar-refractivity contribution is -0.140. The molecule has 0 spiro atoms. The van der Waals surface area contributed by atoms with Crippen molar-refractivity contribution in [3.63, 3.8) is 0 Å². The Morgan fingerprint density at radius 2 is 2.00 bits per heavy atom. The van der Waals surface area contributed by atoms with Gasteiger partial charge in [-0.3, -0.25) is 4.79 Å². The first-order valence-electron chi connectivity index (χ1n) is 7.43. The molecule has 1 saturated carbocycles. The number of rotatable bonds is 3. The summed E-state index contributed by atoms with van der Waals surface area (Å²) in [4.78, 5) is 26.1. The third kappa shape index (κ3) is 2.97. The van der Waals surface area contributed by atoms with Gasteiger partial charge in [-0.15, -0.1) is 0 Å². The molecule has 1 atom stereocenters. The van der Waals surface area contributed by atoms with Crippen LogP contribution >= 0.6 is 0 Å². The molecule has 1 N–H and O–H groups in total. The standard InChI is InChI=1S/C15H24N2O3/c1-10(2)13-14(18)16-12(15(19)20-3)9-17(13)11-7-5-4-6-8-11/h9-11,13H,4-8H2,1-3H3,(H,16,18). The molecule has 1 aliphatic carbocycles. The van der Waals surface area contributed by atoms with Crippen LogP contribution in [0.15, 0.2) is 11.9 Å². The van der Waals surface area contributed by atoms with Crippen LogP contribution in [0.4, 0.5) is 0 Å². The summed E-state index contributed by atoms with van der Waals surface area (Å²) < 4.78 is 4.72. The van der Waals surface area contributed by atoms with Crippen LogP contribution in [-0.2, 0) is 14.3 Å². The van der Waals surface area contributed by atoms with Gasteiger partial charge in [0.15, 0.2) is 0 Å². The zero-order valence-corrected chi connectivity index (χ0v) is 12.5. The van der Waals surface area contributed by atoms with Crippen LogP contribution in [0.1, 0.15) is 46.0 Å². The van der Waals surface area contributed by atoms with Gasteiger partial charge in [0.1, 0.15) is 11.7 Å². The first-order valence-corrected chi connectivity index (χ1v) is 7.43. The summed E-state index contributed by atoms with van der Waals surface area (Å²) in [6.45, 7) is 4.08. The van der Waals surface area contributed by atoms with Gasteiger partial charge in [-0.05, 0) is 18.8 Å². The highest BCUT2D eigenvalue weighted by molar-refractivity contribution is 5.96. The van der Waals surface area contributed by atoms with Crippen molar-refractivity contribution in [2.75, 3.05) is 7.11 Å². The topological polar surface area (TPSA) is 58.6 Å². The number of hydrogen-bond donors (Lipinski definition) is 1. The van der Waals surface area contributed by atoms with E-state index in [1.165, 1.54) is 26.4 Å². The number of amides is 1. The fourth-order valence-corrected chi connectivity index (χ4v) is 3.18. The maximum atomic E-state index is 12.3. The molecule has 1 fully saturated rings. The van der Waals surface area contributed by atoms with Crippen LogP contribution in [0, 0.1) is 5.92 Å². The van der Waals surface area contributed by atoms with Crippen molar-refractivity contribution in [1.82, 2.24) is 10.2 Å². The Hall–Kier alpha value is -1.52. The van der Waals surface area contributed by atoms with Gasteiger partial charge in [-0.1, -0.05) is 33.1 Å². The summed E-state index contributed by atoms with van der Waals surface area (Å²) in [6.07, 6.45) is 7.59. The second-order valence-electron chi connectivity index (χ2n) is 5.95. The van der Waals surface area contributed by atoms with Crippen LogP contribution in [-0.4, -0.2) is 36.0 Å². The minimum absolute atomic E-state index is 0.103. The lowest BCUT2D eigenvalue weighted by atomic mass is 9.90. The van der Waals surface area contributed by atoms with Crippen molar-refractivity contribution < 1.29 is 14.3 Å². The molecule has 1 heterocycles. The van der Waals surface area contributed by atoms with E-state index in [1.54, 1.807) is 6.20 Å². The number of carbonyl (C=O) groups excluding carboxylic acids is 2. The molecular formula is C15H24N2O3. The predicted molar refractivity (Wildman–Crippen MR) is 75.6 cm³/mol. The highest BCUT2D eigenvalue weighted by Crippen LogP contribution is 2.29. The zero-order valence-electron chi connectivity index (χ0n) is 12.5. The average Bonchev–Trinajstić information content (AvgIpc) is 2.46. The molecule has 0 aromatic heterocycles. The van der Waals surface area contributed by atoms with Crippen LogP contribution < -0.4 is 5.32 Å². The minimum atomic E-state index is -0.485. The van der Waals surface area contributed by atoms with Crippen molar-refractivity contribution in [1.29, 1.82) is 0 Å². The Labute approximate surface area is 120 Å². The van der Waals surface area contributed by atoms with Gasteiger partial charge >= 0.3 is 5.97 Å². The van der Waals surface area contributed by atoms with E-state index in [9.17, 15) is 9.59 Å². The zero-order chi connectivity index (χ0) is 14.7. The summed E-state index contributed by atoms with van der Waals surface area (Å²) >= 11 is 0. The van der Waals surface area contributed by atoms with Gasteiger partial charge < -0.3 is 15.0 Å². The van der Waals surface area contributed by atoms with Crippen LogP contribution in [0.25, 0.3) is 0 Å². The molecule has 1 amide bonds. The maximum absolute atomic E-state index is 12.3. The molecule has 1 unspecified atom stereocenters. The largest absolute Gasteiger partial charge is 0.464 e. The second kappa shape index (κ2) is 6.29. The third-order valence-electron chi connectivity index (χ3n) is 4.16. The summed E-state index contributed by atoms with van der Waals surface area (Å²) in [7, 11) is 1.33. The highest BCUT2D eigenvalue weighted by atomic mass is 16.5. The van der Waals surface area contributed by atoms with Gasteiger partial charge in [-0.25, -0.2) is 4.79 Å². The third-order valence-corrected chi connectivity index (χ3v) is 4.16. The Bertz CT molecular complexity index is 411. The molecule has 20 heavy (non-hydrogen) atoms. The molecule has 0 aromatic rings. The van der Waals surface area contributed by atoms with Crippen molar-refractivity contribution >= 4 is 11.9 Å². The number of methoxy groups -OCH3 is 1. The normalized spacial score (nSPS) is 24.4. The van der Waals surface area contributed by atoms with Gasteiger partial charge in [0.2, 0.25) is 5.91 Å². The SMILES string of the molecule is COC(=O)C1=CN(C2CCCCC2)C(C(C)C)C(=O)N1. The Morgan fingerprint density at radius 1 is 1.35 bits per heavy atom. The Balaban J connectivity index is 2.28. The van der Waals surface area contributed by atoms with E-state index in [0.717, 1.165) is 12.8 Å². The summed E-state index contributed by atoms with van der Waals surface area (Å²) in [5.41, 5.74) is 0.250. The number of esters is 1. The number of carbonyl (C=O) groups is 2. The Morgan fingerprint density at radius 3 is 2.55 bits per heavy atom. The van der Waals surface area contributed by atoms with Crippen molar-refractivity contribution in [3.8, 4) is 0 Å². The maximum Gasteiger partial charge on any atom is 0.356 e. The van der Waals surface area contributed by atoms with Crippen LogP contribution in [0.5, 0.6) is 0 Å². The number of nitrogens with one attached hydrogen (secondary N) is 1. The van der Waals surface area contributed by atoms with E-state index in [0.29, 0.717) is 6.04 Å². The fourth-order valence-electron chi connectivity index (χ4n) is 3.18. The van der Waals surface area contributed by atoms with Crippen molar-refractivity contribution in [2.45, 2.75) is 58.0 Å². The molecule has 0 aromatic carbocycles. The molecule has 5 heteroatoms. The molecule has 0 bridgehead atoms. The molecule has 2 aliphatic rings. The molecule has 112 valence electrons. The fraction of sp³-hybridized carbons (Fsp3) is 0.733. The average molecular weight is 280 g/mol. The first-order chi connectivity index (χ1) is 9.54.